The lowest BCUT2D eigenvalue weighted by Crippen LogP contribution is -1.92. The lowest BCUT2D eigenvalue weighted by Gasteiger charge is -2.05. The number of allylic oxidation sites excluding steroid dienone is 5. The highest BCUT2D eigenvalue weighted by Gasteiger charge is 2.30. The Balaban J connectivity index is 4.01. The van der Waals surface area contributed by atoms with E-state index in [1.54, 1.807) is 0 Å². The second-order valence-corrected chi connectivity index (χ2v) is 9.10. The Morgan fingerprint density at radius 2 is 1.50 bits per heavy atom. The normalized spacial score (nSPS) is 15.8. The summed E-state index contributed by atoms with van der Waals surface area (Å²) in [6.45, 7) is 9.84. The molecule has 0 aliphatic carbocycles. The van der Waals surface area contributed by atoms with Crippen LogP contribution in [0.1, 0.15) is 59.8 Å². The molecule has 0 bridgehead atoms. The van der Waals surface area contributed by atoms with Gasteiger partial charge in [-0.25, -0.2) is 0 Å². The SMILES string of the molecule is CC(C)=CCCC(C)=CCCC(C)=CCCOP(C)(=O)O[P+](=O)O. The van der Waals surface area contributed by atoms with E-state index in [9.17, 15) is 9.13 Å². The topological polar surface area (TPSA) is 72.8 Å². The first-order chi connectivity index (χ1) is 11.1. The van der Waals surface area contributed by atoms with Crippen molar-refractivity contribution in [3.05, 3.63) is 34.9 Å². The van der Waals surface area contributed by atoms with Gasteiger partial charge in [0, 0.05) is 11.2 Å². The van der Waals surface area contributed by atoms with Crippen molar-refractivity contribution in [2.45, 2.75) is 59.8 Å². The quantitative estimate of drug-likeness (QED) is 0.245. The van der Waals surface area contributed by atoms with Crippen molar-refractivity contribution < 1.29 is 22.9 Å². The number of hydrogen-bond donors (Lipinski definition) is 1. The van der Waals surface area contributed by atoms with Gasteiger partial charge >= 0.3 is 15.9 Å². The fraction of sp³-hybridized carbons (Fsp3) is 0.647. The van der Waals surface area contributed by atoms with Gasteiger partial charge in [0.2, 0.25) is 0 Å². The Morgan fingerprint density at radius 3 is 2.00 bits per heavy atom. The van der Waals surface area contributed by atoms with Crippen molar-refractivity contribution in [2.24, 2.45) is 0 Å². The third-order valence-electron chi connectivity index (χ3n) is 3.28. The second-order valence-electron chi connectivity index (χ2n) is 6.17. The number of hydrogen-bond acceptors (Lipinski definition) is 4. The van der Waals surface area contributed by atoms with E-state index in [0.717, 1.165) is 25.7 Å². The maximum absolute atomic E-state index is 11.6. The average Bonchev–Trinajstić information content (AvgIpc) is 2.42. The van der Waals surface area contributed by atoms with Crippen LogP contribution < -0.4 is 0 Å². The van der Waals surface area contributed by atoms with Gasteiger partial charge in [0.15, 0.2) is 0 Å². The molecule has 5 nitrogen and oxygen atoms in total. The molecule has 0 spiro atoms. The Labute approximate surface area is 147 Å². The summed E-state index contributed by atoms with van der Waals surface area (Å²) in [5.41, 5.74) is 4.01. The van der Waals surface area contributed by atoms with E-state index in [1.165, 1.54) is 23.4 Å². The Kier molecular flexibility index (Phi) is 12.4. The highest BCUT2D eigenvalue weighted by atomic mass is 31.2. The molecule has 0 aliphatic rings. The molecule has 0 fully saturated rings. The summed E-state index contributed by atoms with van der Waals surface area (Å²) >= 11 is 0. The summed E-state index contributed by atoms with van der Waals surface area (Å²) < 4.78 is 31.5. The van der Waals surface area contributed by atoms with E-state index in [-0.39, 0.29) is 6.61 Å². The molecule has 0 radical (unpaired) electrons. The van der Waals surface area contributed by atoms with E-state index in [2.05, 4.69) is 44.2 Å². The third kappa shape index (κ3) is 15.0. The van der Waals surface area contributed by atoms with Gasteiger partial charge < -0.3 is 4.52 Å². The molecule has 0 amide bonds. The van der Waals surface area contributed by atoms with Crippen LogP contribution in [0.25, 0.3) is 0 Å². The van der Waals surface area contributed by atoms with Crippen molar-refractivity contribution in [2.75, 3.05) is 13.3 Å². The zero-order valence-corrected chi connectivity index (χ0v) is 17.2. The van der Waals surface area contributed by atoms with Gasteiger partial charge in [0.05, 0.1) is 6.61 Å². The zero-order valence-electron chi connectivity index (χ0n) is 15.4. The van der Waals surface area contributed by atoms with E-state index >= 15 is 0 Å². The fourth-order valence-corrected chi connectivity index (χ4v) is 3.65. The Hall–Kier alpha value is -0.570. The largest absolute Gasteiger partial charge is 0.703 e. The van der Waals surface area contributed by atoms with Crippen LogP contribution >= 0.6 is 15.9 Å². The van der Waals surface area contributed by atoms with E-state index in [0.29, 0.717) is 6.42 Å². The van der Waals surface area contributed by atoms with Gasteiger partial charge in [-0.1, -0.05) is 34.9 Å². The lowest BCUT2D eigenvalue weighted by molar-refractivity contribution is 0.268. The minimum atomic E-state index is -3.44. The van der Waals surface area contributed by atoms with Gasteiger partial charge in [-0.05, 0) is 64.1 Å². The van der Waals surface area contributed by atoms with Gasteiger partial charge in [-0.15, -0.1) is 4.89 Å². The van der Waals surface area contributed by atoms with Crippen molar-refractivity contribution in [3.63, 3.8) is 0 Å². The van der Waals surface area contributed by atoms with E-state index in [1.807, 2.05) is 6.08 Å². The molecule has 0 aromatic heterocycles. The van der Waals surface area contributed by atoms with E-state index < -0.39 is 15.9 Å². The van der Waals surface area contributed by atoms with Crippen LogP contribution in [0.3, 0.4) is 0 Å². The van der Waals surface area contributed by atoms with Crippen molar-refractivity contribution >= 4 is 15.9 Å². The molecule has 0 saturated heterocycles. The molecule has 0 aliphatic heterocycles. The number of rotatable bonds is 12. The van der Waals surface area contributed by atoms with Gasteiger partial charge in [-0.2, -0.15) is 0 Å². The first-order valence-corrected chi connectivity index (χ1v) is 11.3. The van der Waals surface area contributed by atoms with Gasteiger partial charge in [0.25, 0.3) is 0 Å². The molecule has 0 aromatic rings. The van der Waals surface area contributed by atoms with Gasteiger partial charge in [0.1, 0.15) is 0 Å². The smallest absolute Gasteiger partial charge is 0.306 e. The molecule has 0 saturated carbocycles. The second kappa shape index (κ2) is 12.7. The molecule has 7 heteroatoms. The Bertz CT molecular complexity index is 531. The van der Waals surface area contributed by atoms with Crippen LogP contribution in [0, 0.1) is 0 Å². The summed E-state index contributed by atoms with van der Waals surface area (Å²) in [6.07, 6.45) is 11.3. The minimum absolute atomic E-state index is 0.200. The van der Waals surface area contributed by atoms with Crippen LogP contribution in [0.4, 0.5) is 0 Å². The molecule has 24 heavy (non-hydrogen) atoms. The van der Waals surface area contributed by atoms with Crippen molar-refractivity contribution in [3.8, 4) is 0 Å². The molecular weight excluding hydrogens is 346 g/mol. The minimum Gasteiger partial charge on any atom is -0.306 e. The maximum atomic E-state index is 11.6. The predicted molar refractivity (Wildman–Crippen MR) is 100 cm³/mol. The molecule has 2 atom stereocenters. The van der Waals surface area contributed by atoms with Crippen molar-refractivity contribution in [1.82, 2.24) is 0 Å². The highest BCUT2D eigenvalue weighted by molar-refractivity contribution is 7.59. The monoisotopic (exact) mass is 377 g/mol. The summed E-state index contributed by atoms with van der Waals surface area (Å²) in [4.78, 5) is 8.57. The average molecular weight is 377 g/mol. The standard InChI is InChI=1S/C17H30O5P2/c1-15(2)9-6-10-16(3)11-7-12-17(4)13-8-14-21-24(5,20)22-23(18)19/h9,11,13H,6-8,10,12,14H2,1-5H3/p+1. The molecule has 2 unspecified atom stereocenters. The van der Waals surface area contributed by atoms with Crippen molar-refractivity contribution in [1.29, 1.82) is 0 Å². The lowest BCUT2D eigenvalue weighted by atomic mass is 10.1. The molecular formula is C17H31O5P2+. The fourth-order valence-electron chi connectivity index (χ4n) is 2.01. The molecule has 0 heterocycles. The molecule has 138 valence electrons. The maximum Gasteiger partial charge on any atom is 0.703 e. The van der Waals surface area contributed by atoms with Crippen LogP contribution in [0.2, 0.25) is 0 Å². The first-order valence-electron chi connectivity index (χ1n) is 8.15. The Morgan fingerprint density at radius 1 is 1.00 bits per heavy atom. The van der Waals surface area contributed by atoms with Gasteiger partial charge in [-0.3, -0.25) is 4.57 Å². The first kappa shape index (κ1) is 23.4. The molecule has 0 rings (SSSR count). The summed E-state index contributed by atoms with van der Waals surface area (Å²) in [5, 5.41) is 0. The van der Waals surface area contributed by atoms with Crippen LogP contribution in [0.15, 0.2) is 34.9 Å². The summed E-state index contributed by atoms with van der Waals surface area (Å²) in [6, 6.07) is 0. The summed E-state index contributed by atoms with van der Waals surface area (Å²) in [5.74, 6) is 0. The van der Waals surface area contributed by atoms with Crippen LogP contribution in [0.5, 0.6) is 0 Å². The van der Waals surface area contributed by atoms with E-state index in [4.69, 9.17) is 9.42 Å². The predicted octanol–water partition coefficient (Wildman–Crippen LogP) is 6.30. The molecule has 1 N–H and O–H groups in total. The summed E-state index contributed by atoms with van der Waals surface area (Å²) in [7, 11) is -6.35. The van der Waals surface area contributed by atoms with Crippen LogP contribution in [-0.2, 0) is 18.0 Å². The highest BCUT2D eigenvalue weighted by Crippen LogP contribution is 2.51. The third-order valence-corrected chi connectivity index (χ3v) is 5.67. The molecule has 0 aromatic carbocycles. The van der Waals surface area contributed by atoms with Crippen LogP contribution in [-0.4, -0.2) is 18.2 Å². The zero-order chi connectivity index (χ0) is 18.6.